The standard InChI is InChI=1S/C12H9ClN2O2/c1-17-12(16)11-5-8-3-2-7(9(13)6-14)4-10(8)15-11/h2-5,9,15H,1H3. The topological polar surface area (TPSA) is 65.9 Å². The van der Waals surface area contributed by atoms with Crippen LogP contribution < -0.4 is 0 Å². The first-order chi connectivity index (χ1) is 8.15. The number of halogens is 1. The van der Waals surface area contributed by atoms with Crippen molar-refractivity contribution in [3.05, 3.63) is 35.5 Å². The molecule has 1 aromatic heterocycles. The number of hydrogen-bond acceptors (Lipinski definition) is 3. The minimum Gasteiger partial charge on any atom is -0.464 e. The molecule has 1 heterocycles. The fourth-order valence-electron chi connectivity index (χ4n) is 1.60. The number of aromatic nitrogens is 1. The Morgan fingerprint density at radius 3 is 2.94 bits per heavy atom. The van der Waals surface area contributed by atoms with Crippen LogP contribution in [0.5, 0.6) is 0 Å². The molecule has 0 saturated carbocycles. The molecule has 0 saturated heterocycles. The Morgan fingerprint density at radius 2 is 2.29 bits per heavy atom. The summed E-state index contributed by atoms with van der Waals surface area (Å²) < 4.78 is 4.62. The number of rotatable bonds is 2. The number of benzene rings is 1. The summed E-state index contributed by atoms with van der Waals surface area (Å²) in [5.41, 5.74) is 1.83. The number of nitrogens with one attached hydrogen (secondary N) is 1. The van der Waals surface area contributed by atoms with E-state index in [1.807, 2.05) is 6.07 Å². The molecule has 4 nitrogen and oxygen atoms in total. The minimum atomic E-state index is -0.690. The lowest BCUT2D eigenvalue weighted by molar-refractivity contribution is 0.0595. The van der Waals surface area contributed by atoms with E-state index in [4.69, 9.17) is 16.9 Å². The van der Waals surface area contributed by atoms with Crippen LogP contribution in [-0.2, 0) is 4.74 Å². The number of H-pyrrole nitrogens is 1. The highest BCUT2D eigenvalue weighted by atomic mass is 35.5. The third-order valence-electron chi connectivity index (χ3n) is 2.46. The van der Waals surface area contributed by atoms with Gasteiger partial charge in [-0.1, -0.05) is 12.1 Å². The predicted octanol–water partition coefficient (Wildman–Crippen LogP) is 2.76. The molecule has 0 fully saturated rings. The lowest BCUT2D eigenvalue weighted by Gasteiger charge is -2.00. The first kappa shape index (κ1) is 11.5. The number of fused-ring (bicyclic) bond motifs is 1. The Balaban J connectivity index is 2.49. The van der Waals surface area contributed by atoms with E-state index in [2.05, 4.69) is 9.72 Å². The fourth-order valence-corrected chi connectivity index (χ4v) is 1.73. The highest BCUT2D eigenvalue weighted by Crippen LogP contribution is 2.24. The molecule has 1 atom stereocenters. The molecule has 2 aromatic rings. The zero-order chi connectivity index (χ0) is 12.4. The molecule has 17 heavy (non-hydrogen) atoms. The van der Waals surface area contributed by atoms with Gasteiger partial charge in [-0.2, -0.15) is 5.26 Å². The number of esters is 1. The number of carbonyl (C=O) groups excluding carboxylic acids is 1. The van der Waals surface area contributed by atoms with Crippen LogP contribution in [0.3, 0.4) is 0 Å². The molecule has 0 aliphatic heterocycles. The van der Waals surface area contributed by atoms with Crippen LogP contribution in [0.4, 0.5) is 0 Å². The largest absolute Gasteiger partial charge is 0.464 e. The first-order valence-electron chi connectivity index (χ1n) is 4.90. The van der Waals surface area contributed by atoms with E-state index in [9.17, 15) is 4.79 Å². The van der Waals surface area contributed by atoms with Gasteiger partial charge < -0.3 is 9.72 Å². The van der Waals surface area contributed by atoms with Gasteiger partial charge in [0.1, 0.15) is 11.1 Å². The van der Waals surface area contributed by atoms with Crippen LogP contribution in [0.2, 0.25) is 0 Å². The SMILES string of the molecule is COC(=O)c1cc2ccc(C(Cl)C#N)cc2[nH]1. The van der Waals surface area contributed by atoms with Crippen molar-refractivity contribution in [3.8, 4) is 6.07 Å². The zero-order valence-electron chi connectivity index (χ0n) is 9.03. The molecule has 0 spiro atoms. The summed E-state index contributed by atoms with van der Waals surface area (Å²) in [6, 6.07) is 8.96. The van der Waals surface area contributed by atoms with Crippen LogP contribution in [-0.4, -0.2) is 18.1 Å². The second-order valence-electron chi connectivity index (χ2n) is 3.51. The summed E-state index contributed by atoms with van der Waals surface area (Å²) in [7, 11) is 1.32. The Morgan fingerprint density at radius 1 is 1.53 bits per heavy atom. The molecule has 5 heteroatoms. The quantitative estimate of drug-likeness (QED) is 0.656. The summed E-state index contributed by atoms with van der Waals surface area (Å²) in [6.07, 6.45) is 0. The highest BCUT2D eigenvalue weighted by molar-refractivity contribution is 6.22. The summed E-state index contributed by atoms with van der Waals surface area (Å²) in [6.45, 7) is 0. The lowest BCUT2D eigenvalue weighted by Crippen LogP contribution is -2.00. The molecule has 0 aliphatic rings. The Kier molecular flexibility index (Phi) is 3.03. The van der Waals surface area contributed by atoms with Gasteiger partial charge in [-0.05, 0) is 17.7 Å². The van der Waals surface area contributed by atoms with Gasteiger partial charge in [0.2, 0.25) is 0 Å². The molecule has 0 aliphatic carbocycles. The smallest absolute Gasteiger partial charge is 0.354 e. The summed E-state index contributed by atoms with van der Waals surface area (Å²) in [4.78, 5) is 14.2. The van der Waals surface area contributed by atoms with Crippen LogP contribution in [0.15, 0.2) is 24.3 Å². The van der Waals surface area contributed by atoms with Crippen LogP contribution in [0, 0.1) is 11.3 Å². The van der Waals surface area contributed by atoms with Gasteiger partial charge in [-0.3, -0.25) is 0 Å². The molecule has 0 bridgehead atoms. The average Bonchev–Trinajstić information content (AvgIpc) is 2.79. The van der Waals surface area contributed by atoms with Crippen molar-refractivity contribution in [1.29, 1.82) is 5.26 Å². The molecular formula is C12H9ClN2O2. The van der Waals surface area contributed by atoms with E-state index >= 15 is 0 Å². The van der Waals surface area contributed by atoms with Gasteiger partial charge in [0, 0.05) is 10.9 Å². The summed E-state index contributed by atoms with van der Waals surface area (Å²) >= 11 is 5.82. The van der Waals surface area contributed by atoms with Crippen molar-refractivity contribution in [2.75, 3.05) is 7.11 Å². The minimum absolute atomic E-state index is 0.378. The number of aromatic amines is 1. The molecule has 0 radical (unpaired) electrons. The summed E-state index contributed by atoms with van der Waals surface area (Å²) in [5.74, 6) is -0.426. The second-order valence-corrected chi connectivity index (χ2v) is 3.95. The van der Waals surface area contributed by atoms with E-state index in [0.717, 1.165) is 10.9 Å². The molecule has 1 N–H and O–H groups in total. The normalized spacial score (nSPS) is 12.1. The lowest BCUT2D eigenvalue weighted by atomic mass is 10.1. The van der Waals surface area contributed by atoms with Gasteiger partial charge in [-0.25, -0.2) is 4.79 Å². The van der Waals surface area contributed by atoms with Crippen LogP contribution in [0.1, 0.15) is 21.4 Å². The van der Waals surface area contributed by atoms with Crippen molar-refractivity contribution in [2.45, 2.75) is 5.38 Å². The van der Waals surface area contributed by atoms with Gasteiger partial charge >= 0.3 is 5.97 Å². The van der Waals surface area contributed by atoms with Crippen LogP contribution >= 0.6 is 11.6 Å². The fraction of sp³-hybridized carbons (Fsp3) is 0.167. The number of carbonyl (C=O) groups is 1. The zero-order valence-corrected chi connectivity index (χ0v) is 9.78. The van der Waals surface area contributed by atoms with Gasteiger partial charge in [0.15, 0.2) is 0 Å². The number of methoxy groups -OCH3 is 1. The van der Waals surface area contributed by atoms with E-state index < -0.39 is 11.3 Å². The third-order valence-corrected chi connectivity index (χ3v) is 2.81. The van der Waals surface area contributed by atoms with Gasteiger partial charge in [0.25, 0.3) is 0 Å². The molecule has 1 aromatic carbocycles. The van der Waals surface area contributed by atoms with E-state index in [0.29, 0.717) is 11.3 Å². The third kappa shape index (κ3) is 2.10. The maximum absolute atomic E-state index is 11.3. The summed E-state index contributed by atoms with van der Waals surface area (Å²) in [5, 5.41) is 8.91. The number of nitriles is 1. The highest BCUT2D eigenvalue weighted by Gasteiger charge is 2.11. The van der Waals surface area contributed by atoms with Crippen molar-refractivity contribution in [2.24, 2.45) is 0 Å². The first-order valence-corrected chi connectivity index (χ1v) is 5.34. The number of hydrogen-bond donors (Lipinski definition) is 1. The van der Waals surface area contributed by atoms with Gasteiger partial charge in [0.05, 0.1) is 13.2 Å². The average molecular weight is 249 g/mol. The Bertz CT molecular complexity index is 612. The molecule has 86 valence electrons. The molecule has 0 amide bonds. The van der Waals surface area contributed by atoms with E-state index in [1.54, 1.807) is 24.3 Å². The predicted molar refractivity (Wildman–Crippen MR) is 63.8 cm³/mol. The second kappa shape index (κ2) is 4.48. The van der Waals surface area contributed by atoms with Crippen molar-refractivity contribution in [3.63, 3.8) is 0 Å². The van der Waals surface area contributed by atoms with Crippen molar-refractivity contribution >= 4 is 28.5 Å². The van der Waals surface area contributed by atoms with Gasteiger partial charge in [-0.15, -0.1) is 11.6 Å². The van der Waals surface area contributed by atoms with Crippen molar-refractivity contribution < 1.29 is 9.53 Å². The number of nitrogens with zero attached hydrogens (tertiary/aromatic N) is 1. The molecular weight excluding hydrogens is 240 g/mol. The maximum atomic E-state index is 11.3. The maximum Gasteiger partial charge on any atom is 0.354 e. The van der Waals surface area contributed by atoms with E-state index in [-0.39, 0.29) is 0 Å². The number of ether oxygens (including phenoxy) is 1. The molecule has 1 unspecified atom stereocenters. The van der Waals surface area contributed by atoms with Crippen molar-refractivity contribution in [1.82, 2.24) is 4.98 Å². The van der Waals surface area contributed by atoms with E-state index in [1.165, 1.54) is 7.11 Å². The Hall–Kier alpha value is -1.99. The number of alkyl halides is 1. The molecule has 2 rings (SSSR count). The monoisotopic (exact) mass is 248 g/mol. The Labute approximate surface area is 103 Å². The van der Waals surface area contributed by atoms with Crippen LogP contribution in [0.25, 0.3) is 10.9 Å².